The SMILES string of the molecule is CC(NC(=O)NCC(C)(O)c1ccco1)c1nnc2ccccn12. The molecule has 3 rings (SSSR count). The lowest BCUT2D eigenvalue weighted by molar-refractivity contribution is 0.0366. The first-order valence-electron chi connectivity index (χ1n) is 7.58. The van der Waals surface area contributed by atoms with Gasteiger partial charge in [-0.15, -0.1) is 10.2 Å². The summed E-state index contributed by atoms with van der Waals surface area (Å²) in [6, 6.07) is 8.15. The van der Waals surface area contributed by atoms with Gasteiger partial charge in [0.05, 0.1) is 18.8 Å². The van der Waals surface area contributed by atoms with Gasteiger partial charge in [-0.2, -0.15) is 0 Å². The van der Waals surface area contributed by atoms with E-state index in [1.807, 2.05) is 35.7 Å². The molecular formula is C16H19N5O3. The fourth-order valence-corrected chi connectivity index (χ4v) is 2.39. The summed E-state index contributed by atoms with van der Waals surface area (Å²) in [6.07, 6.45) is 3.31. The van der Waals surface area contributed by atoms with E-state index in [-0.39, 0.29) is 12.6 Å². The van der Waals surface area contributed by atoms with E-state index in [2.05, 4.69) is 20.8 Å². The number of amides is 2. The van der Waals surface area contributed by atoms with Crippen LogP contribution in [0.25, 0.3) is 5.65 Å². The molecule has 0 aromatic carbocycles. The number of carbonyl (C=O) groups excluding carboxylic acids is 1. The highest BCUT2D eigenvalue weighted by Gasteiger charge is 2.27. The summed E-state index contributed by atoms with van der Waals surface area (Å²) >= 11 is 0. The Balaban J connectivity index is 1.60. The summed E-state index contributed by atoms with van der Waals surface area (Å²) < 4.78 is 6.98. The topological polar surface area (TPSA) is 105 Å². The van der Waals surface area contributed by atoms with Gasteiger partial charge in [0, 0.05) is 6.20 Å². The number of rotatable bonds is 5. The largest absolute Gasteiger partial charge is 0.466 e. The Morgan fingerprint density at radius 3 is 2.96 bits per heavy atom. The Kier molecular flexibility index (Phi) is 4.22. The predicted molar refractivity (Wildman–Crippen MR) is 86.2 cm³/mol. The molecule has 0 aliphatic carbocycles. The Labute approximate surface area is 138 Å². The summed E-state index contributed by atoms with van der Waals surface area (Å²) in [5, 5.41) is 23.9. The van der Waals surface area contributed by atoms with Crippen molar-refractivity contribution in [2.75, 3.05) is 6.54 Å². The average Bonchev–Trinajstić information content (AvgIpc) is 3.22. The summed E-state index contributed by atoms with van der Waals surface area (Å²) in [6.45, 7) is 3.40. The zero-order chi connectivity index (χ0) is 17.2. The van der Waals surface area contributed by atoms with E-state index >= 15 is 0 Å². The molecule has 3 heterocycles. The lowest BCUT2D eigenvalue weighted by Crippen LogP contribution is -2.44. The van der Waals surface area contributed by atoms with Crippen molar-refractivity contribution in [2.45, 2.75) is 25.5 Å². The molecule has 3 aromatic heterocycles. The van der Waals surface area contributed by atoms with Crippen LogP contribution in [0.4, 0.5) is 4.79 Å². The zero-order valence-corrected chi connectivity index (χ0v) is 13.4. The number of fused-ring (bicyclic) bond motifs is 1. The maximum Gasteiger partial charge on any atom is 0.315 e. The molecule has 0 spiro atoms. The second-order valence-electron chi connectivity index (χ2n) is 5.79. The second-order valence-corrected chi connectivity index (χ2v) is 5.79. The number of carbonyl (C=O) groups is 1. The molecule has 0 bridgehead atoms. The molecule has 3 aromatic rings. The van der Waals surface area contributed by atoms with Gasteiger partial charge in [-0.3, -0.25) is 4.40 Å². The number of nitrogens with zero attached hydrogens (tertiary/aromatic N) is 3. The molecule has 8 heteroatoms. The molecule has 3 N–H and O–H groups in total. The smallest absolute Gasteiger partial charge is 0.315 e. The van der Waals surface area contributed by atoms with Crippen molar-refractivity contribution in [3.8, 4) is 0 Å². The van der Waals surface area contributed by atoms with Crippen LogP contribution < -0.4 is 10.6 Å². The third-order valence-electron chi connectivity index (χ3n) is 3.72. The first-order chi connectivity index (χ1) is 11.5. The van der Waals surface area contributed by atoms with E-state index in [0.29, 0.717) is 17.2 Å². The van der Waals surface area contributed by atoms with Gasteiger partial charge in [-0.05, 0) is 38.1 Å². The standard InChI is InChI=1S/C16H19N5O3/c1-11(14-20-19-13-7-3-4-8-21(13)14)18-15(22)17-10-16(2,23)12-6-5-9-24-12/h3-9,11,23H,10H2,1-2H3,(H2,17,18,22). The van der Waals surface area contributed by atoms with Crippen molar-refractivity contribution in [1.82, 2.24) is 25.2 Å². The van der Waals surface area contributed by atoms with E-state index in [1.165, 1.54) is 6.26 Å². The fourth-order valence-electron chi connectivity index (χ4n) is 2.39. The molecule has 8 nitrogen and oxygen atoms in total. The van der Waals surface area contributed by atoms with E-state index in [9.17, 15) is 9.90 Å². The van der Waals surface area contributed by atoms with Gasteiger partial charge in [0.25, 0.3) is 0 Å². The van der Waals surface area contributed by atoms with Crippen molar-refractivity contribution in [3.63, 3.8) is 0 Å². The Bertz CT molecular complexity index is 825. The lowest BCUT2D eigenvalue weighted by atomic mass is 10.0. The molecule has 0 fully saturated rings. The maximum atomic E-state index is 12.1. The number of pyridine rings is 1. The van der Waals surface area contributed by atoms with E-state index in [1.54, 1.807) is 19.1 Å². The zero-order valence-electron chi connectivity index (χ0n) is 13.4. The van der Waals surface area contributed by atoms with Crippen LogP contribution in [0.5, 0.6) is 0 Å². The van der Waals surface area contributed by atoms with Crippen LogP contribution in [-0.2, 0) is 5.60 Å². The first kappa shape index (κ1) is 16.0. The normalized spacial score (nSPS) is 15.0. The highest BCUT2D eigenvalue weighted by molar-refractivity contribution is 5.74. The van der Waals surface area contributed by atoms with Crippen LogP contribution >= 0.6 is 0 Å². The molecule has 2 amide bonds. The van der Waals surface area contributed by atoms with Crippen molar-refractivity contribution < 1.29 is 14.3 Å². The van der Waals surface area contributed by atoms with Gasteiger partial charge in [-0.1, -0.05) is 6.07 Å². The average molecular weight is 329 g/mol. The number of hydrogen-bond acceptors (Lipinski definition) is 5. The molecule has 0 radical (unpaired) electrons. The van der Waals surface area contributed by atoms with Crippen LogP contribution in [0.2, 0.25) is 0 Å². The minimum absolute atomic E-state index is 0.0135. The molecule has 24 heavy (non-hydrogen) atoms. The minimum Gasteiger partial charge on any atom is -0.466 e. The van der Waals surface area contributed by atoms with Gasteiger partial charge in [0.1, 0.15) is 11.4 Å². The van der Waals surface area contributed by atoms with Crippen LogP contribution in [-0.4, -0.2) is 32.3 Å². The number of nitrogens with one attached hydrogen (secondary N) is 2. The van der Waals surface area contributed by atoms with E-state index < -0.39 is 11.6 Å². The van der Waals surface area contributed by atoms with E-state index in [4.69, 9.17) is 4.42 Å². The maximum absolute atomic E-state index is 12.1. The van der Waals surface area contributed by atoms with Crippen molar-refractivity contribution in [2.24, 2.45) is 0 Å². The predicted octanol–water partition coefficient (Wildman–Crippen LogP) is 1.59. The fraction of sp³-hybridized carbons (Fsp3) is 0.312. The summed E-state index contributed by atoms with van der Waals surface area (Å²) in [7, 11) is 0. The van der Waals surface area contributed by atoms with Crippen LogP contribution in [0, 0.1) is 0 Å². The molecule has 126 valence electrons. The first-order valence-corrected chi connectivity index (χ1v) is 7.58. The summed E-state index contributed by atoms with van der Waals surface area (Å²) in [5.41, 5.74) is -0.576. The highest BCUT2D eigenvalue weighted by atomic mass is 16.4. The van der Waals surface area contributed by atoms with Crippen LogP contribution in [0.1, 0.15) is 31.5 Å². The van der Waals surface area contributed by atoms with E-state index in [0.717, 1.165) is 0 Å². The number of aromatic nitrogens is 3. The molecule has 0 aliphatic heterocycles. The van der Waals surface area contributed by atoms with Gasteiger partial charge in [0.2, 0.25) is 0 Å². The monoisotopic (exact) mass is 329 g/mol. The number of aliphatic hydroxyl groups is 1. The third kappa shape index (κ3) is 3.23. The molecule has 2 unspecified atom stereocenters. The van der Waals surface area contributed by atoms with Gasteiger partial charge in [-0.25, -0.2) is 4.79 Å². The van der Waals surface area contributed by atoms with Crippen LogP contribution in [0.3, 0.4) is 0 Å². The highest BCUT2D eigenvalue weighted by Crippen LogP contribution is 2.19. The third-order valence-corrected chi connectivity index (χ3v) is 3.72. The quantitative estimate of drug-likeness (QED) is 0.659. The van der Waals surface area contributed by atoms with Gasteiger partial charge < -0.3 is 20.2 Å². The van der Waals surface area contributed by atoms with Crippen molar-refractivity contribution in [1.29, 1.82) is 0 Å². The van der Waals surface area contributed by atoms with Gasteiger partial charge >= 0.3 is 6.03 Å². The second kappa shape index (κ2) is 6.32. The summed E-state index contributed by atoms with van der Waals surface area (Å²) in [5.74, 6) is 1.01. The number of urea groups is 1. The van der Waals surface area contributed by atoms with Crippen molar-refractivity contribution in [3.05, 3.63) is 54.4 Å². The lowest BCUT2D eigenvalue weighted by Gasteiger charge is -2.22. The Hall–Kier alpha value is -2.87. The summed E-state index contributed by atoms with van der Waals surface area (Å²) in [4.78, 5) is 12.1. The number of furan rings is 1. The molecular weight excluding hydrogens is 310 g/mol. The Morgan fingerprint density at radius 2 is 2.21 bits per heavy atom. The molecule has 0 aliphatic rings. The van der Waals surface area contributed by atoms with Crippen LogP contribution in [0.15, 0.2) is 47.2 Å². The van der Waals surface area contributed by atoms with Crippen molar-refractivity contribution >= 4 is 11.7 Å². The number of hydrogen-bond donors (Lipinski definition) is 3. The molecule has 0 saturated heterocycles. The van der Waals surface area contributed by atoms with Gasteiger partial charge in [0.15, 0.2) is 11.5 Å². The molecule has 2 atom stereocenters. The molecule has 0 saturated carbocycles. The minimum atomic E-state index is -1.29. The Morgan fingerprint density at radius 1 is 1.38 bits per heavy atom.